The molecule has 0 radical (unpaired) electrons. The minimum Gasteiger partial charge on any atom is -0.496 e. The molecule has 6 rings (SSSR count). The lowest BCUT2D eigenvalue weighted by atomic mass is 9.93. The first-order valence-electron chi connectivity index (χ1n) is 16.1. The second-order valence-electron chi connectivity index (χ2n) is 13.2. The van der Waals surface area contributed by atoms with E-state index in [-0.39, 0.29) is 24.2 Å². The molecular formula is C35H42N4O6S. The minimum atomic E-state index is -1.33. The molecule has 0 spiro atoms. The van der Waals surface area contributed by atoms with E-state index in [2.05, 4.69) is 19.2 Å². The third kappa shape index (κ3) is 5.97. The van der Waals surface area contributed by atoms with Gasteiger partial charge >= 0.3 is 5.97 Å². The standard InChI is InChI=1S/C35H42N4O6S/c1-19(2)27-18-46-32(37-27)26-16-29(23-11-12-28(44-5)20(3)30(23)36-26)45-22-14-24-25(15-22)33(41)39(4)13-9-7-6-8-10-21-17-35(21,34(42)43)38-31(24)40/h8,10-12,16,18-19,21-22,24-25H,6-7,9,13-15,17H2,1-5H3,(H,38,40)(H,42,43)/b10-8-/t21-,22-,24-,25-,35-/m1/s1. The van der Waals surface area contributed by atoms with Gasteiger partial charge < -0.3 is 24.8 Å². The molecule has 3 aliphatic rings. The number of carbonyl (C=O) groups excluding carboxylic acids is 2. The van der Waals surface area contributed by atoms with Crippen molar-refractivity contribution in [3.05, 3.63) is 47.0 Å². The van der Waals surface area contributed by atoms with Gasteiger partial charge in [-0.05, 0) is 63.5 Å². The minimum absolute atomic E-state index is 0.111. The molecule has 2 aliphatic carbocycles. The van der Waals surface area contributed by atoms with Crippen molar-refractivity contribution >= 4 is 40.0 Å². The van der Waals surface area contributed by atoms with Crippen LogP contribution in [-0.2, 0) is 14.4 Å². The fourth-order valence-corrected chi connectivity index (χ4v) is 7.79. The summed E-state index contributed by atoms with van der Waals surface area (Å²) in [6.07, 6.45) is 6.97. The number of allylic oxidation sites excluding steroid dienone is 1. The summed E-state index contributed by atoms with van der Waals surface area (Å²) in [6.45, 7) is 6.75. The lowest BCUT2D eigenvalue weighted by Crippen LogP contribution is -2.49. The van der Waals surface area contributed by atoms with E-state index in [1.165, 1.54) is 11.3 Å². The van der Waals surface area contributed by atoms with Gasteiger partial charge in [0.1, 0.15) is 33.8 Å². The summed E-state index contributed by atoms with van der Waals surface area (Å²) in [5, 5.41) is 16.6. The highest BCUT2D eigenvalue weighted by molar-refractivity contribution is 7.13. The number of aromatic nitrogens is 2. The number of methoxy groups -OCH3 is 1. The second kappa shape index (κ2) is 12.7. The highest BCUT2D eigenvalue weighted by atomic mass is 32.1. The van der Waals surface area contributed by atoms with E-state index < -0.39 is 35.4 Å². The molecule has 0 saturated heterocycles. The van der Waals surface area contributed by atoms with Gasteiger partial charge in [0.2, 0.25) is 11.8 Å². The van der Waals surface area contributed by atoms with Gasteiger partial charge in [-0.3, -0.25) is 9.59 Å². The molecule has 2 aromatic heterocycles. The lowest BCUT2D eigenvalue weighted by Gasteiger charge is -2.26. The van der Waals surface area contributed by atoms with Gasteiger partial charge in [-0.15, -0.1) is 11.3 Å². The Morgan fingerprint density at radius 3 is 2.65 bits per heavy atom. The molecule has 3 heterocycles. The number of hydrogen-bond donors (Lipinski definition) is 2. The van der Waals surface area contributed by atoms with Crippen molar-refractivity contribution < 1.29 is 29.0 Å². The average molecular weight is 647 g/mol. The Kier molecular flexibility index (Phi) is 8.80. The SMILES string of the molecule is COc1ccc2c(O[C@@H]3C[C@H]4C(=O)N[C@]5(C(=O)O)C[C@H]5/C=C\CCCCN(C)C(=O)[C@@H]4C3)cc(-c3nc(C(C)C)cs3)nc2c1C. The van der Waals surface area contributed by atoms with E-state index in [0.29, 0.717) is 36.6 Å². The van der Waals surface area contributed by atoms with E-state index in [1.807, 2.05) is 42.7 Å². The van der Waals surface area contributed by atoms with E-state index in [9.17, 15) is 19.5 Å². The van der Waals surface area contributed by atoms with E-state index >= 15 is 0 Å². The summed E-state index contributed by atoms with van der Waals surface area (Å²) in [4.78, 5) is 51.5. The molecule has 10 nitrogen and oxygen atoms in total. The number of thiazole rings is 1. The number of pyridine rings is 1. The first-order valence-corrected chi connectivity index (χ1v) is 17.0. The fraction of sp³-hybridized carbons (Fsp3) is 0.514. The number of nitrogens with zero attached hydrogens (tertiary/aromatic N) is 3. The first-order chi connectivity index (χ1) is 22.0. The molecule has 2 N–H and O–H groups in total. The topological polar surface area (TPSA) is 131 Å². The molecule has 1 aliphatic heterocycles. The largest absolute Gasteiger partial charge is 0.496 e. The van der Waals surface area contributed by atoms with Gasteiger partial charge in [-0.25, -0.2) is 14.8 Å². The highest BCUT2D eigenvalue weighted by Gasteiger charge is 2.61. The smallest absolute Gasteiger partial charge is 0.330 e. The van der Waals surface area contributed by atoms with E-state index in [0.717, 1.165) is 46.4 Å². The molecule has 46 heavy (non-hydrogen) atoms. The monoisotopic (exact) mass is 646 g/mol. The van der Waals surface area contributed by atoms with Crippen molar-refractivity contribution in [2.45, 2.75) is 76.9 Å². The summed E-state index contributed by atoms with van der Waals surface area (Å²) in [7, 11) is 3.41. The molecule has 5 atom stereocenters. The van der Waals surface area contributed by atoms with Crippen LogP contribution in [0.1, 0.15) is 69.5 Å². The number of amides is 2. The van der Waals surface area contributed by atoms with Crippen molar-refractivity contribution in [3.8, 4) is 22.2 Å². The maximum absolute atomic E-state index is 13.8. The molecular weight excluding hydrogens is 604 g/mol. The van der Waals surface area contributed by atoms with Gasteiger partial charge in [0.15, 0.2) is 0 Å². The number of benzene rings is 1. The van der Waals surface area contributed by atoms with Crippen molar-refractivity contribution in [3.63, 3.8) is 0 Å². The molecule has 0 bridgehead atoms. The third-order valence-corrected chi connectivity index (χ3v) is 10.7. The lowest BCUT2D eigenvalue weighted by molar-refractivity contribution is -0.145. The Hall–Kier alpha value is -3.99. The highest BCUT2D eigenvalue weighted by Crippen LogP contribution is 2.47. The predicted octanol–water partition coefficient (Wildman–Crippen LogP) is 5.73. The Balaban J connectivity index is 1.35. The van der Waals surface area contributed by atoms with Crippen LogP contribution in [0.4, 0.5) is 0 Å². The number of carbonyl (C=O) groups is 3. The maximum Gasteiger partial charge on any atom is 0.330 e. The molecule has 1 aromatic carbocycles. The Morgan fingerprint density at radius 2 is 1.93 bits per heavy atom. The van der Waals surface area contributed by atoms with Gasteiger partial charge in [-0.2, -0.15) is 0 Å². The summed E-state index contributed by atoms with van der Waals surface area (Å²) in [5.41, 5.74) is 1.94. The number of rotatable bonds is 6. The van der Waals surface area contributed by atoms with Gasteiger partial charge in [-0.1, -0.05) is 26.0 Å². The third-order valence-electron chi connectivity index (χ3n) is 9.77. The second-order valence-corrected chi connectivity index (χ2v) is 14.1. The van der Waals surface area contributed by atoms with Crippen LogP contribution in [-0.4, -0.2) is 70.1 Å². The predicted molar refractivity (Wildman–Crippen MR) is 176 cm³/mol. The van der Waals surface area contributed by atoms with Crippen LogP contribution in [0.3, 0.4) is 0 Å². The van der Waals surface area contributed by atoms with Crippen LogP contribution in [0.25, 0.3) is 21.6 Å². The van der Waals surface area contributed by atoms with E-state index in [4.69, 9.17) is 19.4 Å². The quantitative estimate of drug-likeness (QED) is 0.325. The summed E-state index contributed by atoms with van der Waals surface area (Å²) < 4.78 is 12.3. The van der Waals surface area contributed by atoms with Crippen LogP contribution in [0, 0.1) is 24.7 Å². The van der Waals surface area contributed by atoms with E-state index in [1.54, 1.807) is 19.1 Å². The molecule has 2 fully saturated rings. The van der Waals surface area contributed by atoms with Crippen molar-refractivity contribution in [2.75, 3.05) is 20.7 Å². The number of hydrogen-bond acceptors (Lipinski definition) is 8. The number of carboxylic acids is 1. The molecule has 244 valence electrons. The summed E-state index contributed by atoms with van der Waals surface area (Å²) >= 11 is 1.53. The van der Waals surface area contributed by atoms with Crippen molar-refractivity contribution in [1.29, 1.82) is 0 Å². The zero-order chi connectivity index (χ0) is 32.7. The van der Waals surface area contributed by atoms with Crippen LogP contribution >= 0.6 is 11.3 Å². The molecule has 11 heteroatoms. The number of carboxylic acid groups (broad SMARTS) is 1. The maximum atomic E-state index is 13.8. The van der Waals surface area contributed by atoms with Crippen LogP contribution < -0.4 is 14.8 Å². The van der Waals surface area contributed by atoms with Gasteiger partial charge in [0.05, 0.1) is 30.2 Å². The summed E-state index contributed by atoms with van der Waals surface area (Å²) in [5.74, 6) is -1.58. The number of aliphatic carboxylic acids is 1. The van der Waals surface area contributed by atoms with Crippen LogP contribution in [0.2, 0.25) is 0 Å². The normalized spacial score (nSPS) is 27.5. The number of aryl methyl sites for hydroxylation is 1. The van der Waals surface area contributed by atoms with Crippen molar-refractivity contribution in [1.82, 2.24) is 20.2 Å². The van der Waals surface area contributed by atoms with Gasteiger partial charge in [0, 0.05) is 41.9 Å². The number of fused-ring (bicyclic) bond motifs is 3. The summed E-state index contributed by atoms with van der Waals surface area (Å²) in [6, 6.07) is 5.70. The number of ether oxygens (including phenoxy) is 2. The zero-order valence-electron chi connectivity index (χ0n) is 27.0. The first kappa shape index (κ1) is 32.0. The Bertz CT molecular complexity index is 1700. The molecule has 2 saturated carbocycles. The molecule has 0 unspecified atom stereocenters. The van der Waals surface area contributed by atoms with Crippen LogP contribution in [0.5, 0.6) is 11.5 Å². The zero-order valence-corrected chi connectivity index (χ0v) is 27.9. The number of nitrogens with one attached hydrogen (secondary N) is 1. The Morgan fingerprint density at radius 1 is 1.15 bits per heavy atom. The fourth-order valence-electron chi connectivity index (χ4n) is 6.85. The van der Waals surface area contributed by atoms with Gasteiger partial charge in [0.25, 0.3) is 0 Å². The molecule has 2 amide bonds. The Labute approximate surface area is 273 Å². The van der Waals surface area contributed by atoms with Crippen molar-refractivity contribution in [2.24, 2.45) is 17.8 Å². The average Bonchev–Trinajstić information content (AvgIpc) is 3.33. The van der Waals surface area contributed by atoms with Crippen LogP contribution in [0.15, 0.2) is 35.7 Å². The molecule has 3 aromatic rings.